The Morgan fingerprint density at radius 3 is 2.90 bits per heavy atom. The average molecular weight is 405 g/mol. The molecule has 0 spiro atoms. The Balaban J connectivity index is 1.60. The van der Waals surface area contributed by atoms with Crippen LogP contribution in [0.1, 0.15) is 16.9 Å². The Kier molecular flexibility index (Phi) is 4.40. The van der Waals surface area contributed by atoms with E-state index in [0.29, 0.717) is 24.5 Å². The summed E-state index contributed by atoms with van der Waals surface area (Å²) in [5.74, 6) is -0.137. The number of aryl methyl sites for hydroxylation is 1. The largest absolute Gasteiger partial charge is 0.443 e. The number of hydrogen-bond donors (Lipinski definition) is 2. The molecule has 1 aliphatic heterocycles. The molecular formula is C20H19N7O3. The molecule has 5 rings (SSSR count). The Morgan fingerprint density at radius 1 is 1.30 bits per heavy atom. The number of imidazole rings is 1. The fourth-order valence-corrected chi connectivity index (χ4v) is 3.32. The molecule has 30 heavy (non-hydrogen) atoms. The summed E-state index contributed by atoms with van der Waals surface area (Å²) >= 11 is 0. The van der Waals surface area contributed by atoms with Gasteiger partial charge in [0, 0.05) is 25.8 Å². The molecule has 4 aromatic rings. The SMILES string of the molecule is Cn1cnc2ccc(-c3nc(C(=O)NCC4CCO4)c(N)nc3-c3ncco3)cc21. The van der Waals surface area contributed by atoms with Gasteiger partial charge in [-0.3, -0.25) is 4.79 Å². The predicted molar refractivity (Wildman–Crippen MR) is 108 cm³/mol. The average Bonchev–Trinajstić information content (AvgIpc) is 3.36. The van der Waals surface area contributed by atoms with Gasteiger partial charge in [-0.25, -0.2) is 19.9 Å². The van der Waals surface area contributed by atoms with Gasteiger partial charge in [0.25, 0.3) is 5.91 Å². The van der Waals surface area contributed by atoms with Gasteiger partial charge in [0.2, 0.25) is 5.89 Å². The highest BCUT2D eigenvalue weighted by molar-refractivity contribution is 5.98. The number of nitrogens with one attached hydrogen (secondary N) is 1. The van der Waals surface area contributed by atoms with Crippen LogP contribution in [-0.2, 0) is 11.8 Å². The van der Waals surface area contributed by atoms with E-state index in [-0.39, 0.29) is 23.5 Å². The van der Waals surface area contributed by atoms with Gasteiger partial charge in [0.15, 0.2) is 17.2 Å². The number of nitrogens with zero attached hydrogens (tertiary/aromatic N) is 5. The number of aromatic nitrogens is 5. The van der Waals surface area contributed by atoms with Gasteiger partial charge >= 0.3 is 0 Å². The molecular weight excluding hydrogens is 386 g/mol. The highest BCUT2D eigenvalue weighted by Crippen LogP contribution is 2.31. The van der Waals surface area contributed by atoms with Gasteiger partial charge in [0.05, 0.1) is 29.7 Å². The van der Waals surface area contributed by atoms with E-state index in [4.69, 9.17) is 14.9 Å². The maximum Gasteiger partial charge on any atom is 0.273 e. The smallest absolute Gasteiger partial charge is 0.273 e. The number of fused-ring (bicyclic) bond motifs is 1. The Bertz CT molecular complexity index is 1230. The van der Waals surface area contributed by atoms with Crippen LogP contribution in [0.25, 0.3) is 33.9 Å². The fourth-order valence-electron chi connectivity index (χ4n) is 3.32. The van der Waals surface area contributed by atoms with Crippen molar-refractivity contribution in [3.63, 3.8) is 0 Å². The molecule has 0 aliphatic carbocycles. The Morgan fingerprint density at radius 2 is 2.17 bits per heavy atom. The third-order valence-corrected chi connectivity index (χ3v) is 5.06. The molecule has 0 bridgehead atoms. The quantitative estimate of drug-likeness (QED) is 0.513. The first-order valence-corrected chi connectivity index (χ1v) is 9.49. The summed E-state index contributed by atoms with van der Waals surface area (Å²) in [5, 5.41) is 2.81. The van der Waals surface area contributed by atoms with E-state index < -0.39 is 5.91 Å². The summed E-state index contributed by atoms with van der Waals surface area (Å²) in [6, 6.07) is 5.68. The summed E-state index contributed by atoms with van der Waals surface area (Å²) in [5.41, 5.74) is 9.43. The molecule has 4 heterocycles. The number of ether oxygens (including phenoxy) is 1. The third-order valence-electron chi connectivity index (χ3n) is 5.06. The molecule has 1 aliphatic rings. The van der Waals surface area contributed by atoms with Gasteiger partial charge in [-0.15, -0.1) is 0 Å². The van der Waals surface area contributed by atoms with Crippen LogP contribution in [-0.4, -0.2) is 49.7 Å². The second kappa shape index (κ2) is 7.23. The van der Waals surface area contributed by atoms with Crippen LogP contribution in [0.2, 0.25) is 0 Å². The van der Waals surface area contributed by atoms with Crippen LogP contribution in [0.15, 0.2) is 41.4 Å². The Hall–Kier alpha value is -3.79. The normalized spacial score (nSPS) is 15.8. The molecule has 1 unspecified atom stereocenters. The predicted octanol–water partition coefficient (Wildman–Crippen LogP) is 1.79. The Labute approximate surface area is 171 Å². The number of rotatable bonds is 5. The second-order valence-electron chi connectivity index (χ2n) is 7.04. The molecule has 1 amide bonds. The third kappa shape index (κ3) is 3.16. The van der Waals surface area contributed by atoms with Crippen molar-refractivity contribution in [2.75, 3.05) is 18.9 Å². The van der Waals surface area contributed by atoms with Crippen molar-refractivity contribution < 1.29 is 13.9 Å². The van der Waals surface area contributed by atoms with E-state index in [1.807, 2.05) is 29.8 Å². The van der Waals surface area contributed by atoms with E-state index in [9.17, 15) is 4.79 Å². The summed E-state index contributed by atoms with van der Waals surface area (Å²) < 4.78 is 12.7. The number of anilines is 1. The van der Waals surface area contributed by atoms with E-state index in [0.717, 1.165) is 23.0 Å². The van der Waals surface area contributed by atoms with E-state index in [1.165, 1.54) is 12.5 Å². The van der Waals surface area contributed by atoms with Gasteiger partial charge in [-0.05, 0) is 18.6 Å². The van der Waals surface area contributed by atoms with Crippen molar-refractivity contribution in [1.29, 1.82) is 0 Å². The number of nitrogens with two attached hydrogens (primary N) is 1. The molecule has 1 atom stereocenters. The summed E-state index contributed by atoms with van der Waals surface area (Å²) in [6.45, 7) is 1.12. The molecule has 152 valence electrons. The number of carbonyl (C=O) groups excluding carboxylic acids is 1. The first-order valence-electron chi connectivity index (χ1n) is 9.49. The molecule has 0 radical (unpaired) electrons. The van der Waals surface area contributed by atoms with Crippen LogP contribution >= 0.6 is 0 Å². The lowest BCUT2D eigenvalue weighted by Gasteiger charge is -2.26. The van der Waals surface area contributed by atoms with E-state index >= 15 is 0 Å². The lowest BCUT2D eigenvalue weighted by molar-refractivity contribution is -0.0473. The summed E-state index contributed by atoms with van der Waals surface area (Å²) in [7, 11) is 1.91. The van der Waals surface area contributed by atoms with Gasteiger partial charge in [0.1, 0.15) is 12.0 Å². The lowest BCUT2D eigenvalue weighted by Crippen LogP contribution is -2.40. The number of oxazole rings is 1. The maximum absolute atomic E-state index is 12.7. The van der Waals surface area contributed by atoms with Gasteiger partial charge < -0.3 is 24.8 Å². The molecule has 1 fully saturated rings. The van der Waals surface area contributed by atoms with Crippen molar-refractivity contribution in [2.45, 2.75) is 12.5 Å². The lowest BCUT2D eigenvalue weighted by atomic mass is 10.1. The molecule has 3 aromatic heterocycles. The van der Waals surface area contributed by atoms with Crippen LogP contribution in [0.4, 0.5) is 5.82 Å². The minimum absolute atomic E-state index is 0.000546. The molecule has 1 aromatic carbocycles. The standard InChI is InChI=1S/C20H19N7O3/c1-27-10-24-13-3-2-11(8-14(13)27)15-16(20-22-5-7-30-20)26-18(21)17(25-15)19(28)23-9-12-4-6-29-12/h2-3,5,7-8,10,12H,4,6,9H2,1H3,(H2,21,26)(H,23,28). The fraction of sp³-hybridized carbons (Fsp3) is 0.250. The zero-order valence-corrected chi connectivity index (χ0v) is 16.2. The number of benzene rings is 1. The van der Waals surface area contributed by atoms with Crippen LogP contribution in [0.5, 0.6) is 0 Å². The summed E-state index contributed by atoms with van der Waals surface area (Å²) in [4.78, 5) is 30.2. The minimum Gasteiger partial charge on any atom is -0.443 e. The minimum atomic E-state index is -0.405. The van der Waals surface area contributed by atoms with Gasteiger partial charge in [-0.1, -0.05) is 6.07 Å². The van der Waals surface area contributed by atoms with Crippen molar-refractivity contribution in [1.82, 2.24) is 29.8 Å². The molecule has 3 N–H and O–H groups in total. The maximum atomic E-state index is 12.7. The second-order valence-corrected chi connectivity index (χ2v) is 7.04. The molecule has 1 saturated heterocycles. The van der Waals surface area contributed by atoms with Crippen molar-refractivity contribution in [3.8, 4) is 22.8 Å². The molecule has 0 saturated carbocycles. The van der Waals surface area contributed by atoms with Crippen LogP contribution in [0.3, 0.4) is 0 Å². The zero-order chi connectivity index (χ0) is 20.7. The molecule has 10 nitrogen and oxygen atoms in total. The topological polar surface area (TPSA) is 134 Å². The highest BCUT2D eigenvalue weighted by atomic mass is 16.5. The van der Waals surface area contributed by atoms with Crippen molar-refractivity contribution in [2.24, 2.45) is 7.05 Å². The first-order chi connectivity index (χ1) is 14.6. The van der Waals surface area contributed by atoms with Gasteiger partial charge in [-0.2, -0.15) is 0 Å². The number of hydrogen-bond acceptors (Lipinski definition) is 8. The monoisotopic (exact) mass is 405 g/mol. The zero-order valence-electron chi connectivity index (χ0n) is 16.2. The van der Waals surface area contributed by atoms with E-state index in [1.54, 1.807) is 6.33 Å². The number of nitrogen functional groups attached to an aromatic ring is 1. The van der Waals surface area contributed by atoms with Crippen LogP contribution in [0, 0.1) is 0 Å². The first kappa shape index (κ1) is 18.3. The van der Waals surface area contributed by atoms with E-state index in [2.05, 4.69) is 25.3 Å². The molecule has 10 heteroatoms. The van der Waals surface area contributed by atoms with Crippen molar-refractivity contribution >= 4 is 22.8 Å². The highest BCUT2D eigenvalue weighted by Gasteiger charge is 2.24. The van der Waals surface area contributed by atoms with Crippen molar-refractivity contribution in [3.05, 3.63) is 42.7 Å². The van der Waals surface area contributed by atoms with Crippen LogP contribution < -0.4 is 11.1 Å². The number of carbonyl (C=O) groups is 1. The summed E-state index contributed by atoms with van der Waals surface area (Å²) in [6.07, 6.45) is 5.64. The number of amides is 1.